The van der Waals surface area contributed by atoms with Crippen molar-refractivity contribution in [3.05, 3.63) is 0 Å². The zero-order valence-corrected chi connectivity index (χ0v) is 11.2. The van der Waals surface area contributed by atoms with E-state index in [0.717, 1.165) is 12.8 Å². The molecule has 0 bridgehead atoms. The standard InChI is InChI=1S/C11H21N3O2.ClH/c1-3-11(12,4-2)7-13-10(16)8-5-6-9(15)14-8;/h8H,3-7,12H2,1-2H3,(H,13,16)(H,14,15);1H/t8-;/m1./s1. The molecule has 0 radical (unpaired) electrons. The first kappa shape index (κ1) is 16.2. The number of halogens is 1. The third-order valence-corrected chi connectivity index (χ3v) is 3.33. The molecule has 2 amide bonds. The first-order valence-electron chi connectivity index (χ1n) is 5.86. The minimum absolute atomic E-state index is 0. The number of carbonyl (C=O) groups is 2. The fourth-order valence-electron chi connectivity index (χ4n) is 1.70. The molecule has 5 nitrogen and oxygen atoms in total. The predicted octanol–water partition coefficient (Wildman–Crippen LogP) is 0.320. The van der Waals surface area contributed by atoms with E-state index in [4.69, 9.17) is 5.73 Å². The minimum Gasteiger partial charge on any atom is -0.352 e. The van der Waals surface area contributed by atoms with Gasteiger partial charge in [-0.25, -0.2) is 0 Å². The first-order chi connectivity index (χ1) is 7.50. The molecule has 0 saturated carbocycles. The van der Waals surface area contributed by atoms with Gasteiger partial charge in [-0.2, -0.15) is 0 Å². The molecule has 1 atom stereocenters. The Morgan fingerprint density at radius 1 is 1.53 bits per heavy atom. The fourth-order valence-corrected chi connectivity index (χ4v) is 1.70. The Morgan fingerprint density at radius 2 is 2.12 bits per heavy atom. The Bertz CT molecular complexity index is 280. The molecule has 0 aromatic rings. The van der Waals surface area contributed by atoms with Crippen LogP contribution in [0.15, 0.2) is 0 Å². The maximum absolute atomic E-state index is 11.7. The monoisotopic (exact) mass is 263 g/mol. The zero-order chi connectivity index (χ0) is 12.2. The highest BCUT2D eigenvalue weighted by molar-refractivity contribution is 5.90. The van der Waals surface area contributed by atoms with Crippen molar-refractivity contribution in [3.8, 4) is 0 Å². The number of hydrogen-bond donors (Lipinski definition) is 3. The lowest BCUT2D eigenvalue weighted by Crippen LogP contribution is -2.52. The number of nitrogens with two attached hydrogens (primary N) is 1. The molecule has 1 heterocycles. The first-order valence-corrected chi connectivity index (χ1v) is 5.86. The third kappa shape index (κ3) is 4.52. The van der Waals surface area contributed by atoms with Gasteiger partial charge in [0.25, 0.3) is 0 Å². The van der Waals surface area contributed by atoms with E-state index in [9.17, 15) is 9.59 Å². The molecule has 0 spiro atoms. The van der Waals surface area contributed by atoms with Crippen molar-refractivity contribution in [2.45, 2.75) is 51.1 Å². The van der Waals surface area contributed by atoms with Crippen molar-refractivity contribution in [2.75, 3.05) is 6.54 Å². The predicted molar refractivity (Wildman–Crippen MR) is 68.9 cm³/mol. The van der Waals surface area contributed by atoms with E-state index < -0.39 is 0 Å². The van der Waals surface area contributed by atoms with Crippen LogP contribution in [-0.4, -0.2) is 29.9 Å². The molecule has 1 saturated heterocycles. The van der Waals surface area contributed by atoms with E-state index >= 15 is 0 Å². The molecule has 4 N–H and O–H groups in total. The summed E-state index contributed by atoms with van der Waals surface area (Å²) in [7, 11) is 0. The molecule has 1 aliphatic rings. The van der Waals surface area contributed by atoms with Gasteiger partial charge in [-0.3, -0.25) is 9.59 Å². The summed E-state index contributed by atoms with van der Waals surface area (Å²) < 4.78 is 0. The summed E-state index contributed by atoms with van der Waals surface area (Å²) in [5.74, 6) is -0.173. The second-order valence-corrected chi connectivity index (χ2v) is 4.45. The Kier molecular flexibility index (Phi) is 6.49. The van der Waals surface area contributed by atoms with Crippen molar-refractivity contribution in [2.24, 2.45) is 5.73 Å². The van der Waals surface area contributed by atoms with Crippen LogP contribution in [-0.2, 0) is 9.59 Å². The highest BCUT2D eigenvalue weighted by atomic mass is 35.5. The van der Waals surface area contributed by atoms with E-state index in [1.807, 2.05) is 13.8 Å². The van der Waals surface area contributed by atoms with Crippen LogP contribution in [0.1, 0.15) is 39.5 Å². The summed E-state index contributed by atoms with van der Waals surface area (Å²) in [5, 5.41) is 5.44. The average molecular weight is 264 g/mol. The van der Waals surface area contributed by atoms with Crippen LogP contribution in [0.2, 0.25) is 0 Å². The van der Waals surface area contributed by atoms with Crippen molar-refractivity contribution in [1.82, 2.24) is 10.6 Å². The topological polar surface area (TPSA) is 84.2 Å². The summed E-state index contributed by atoms with van der Waals surface area (Å²) in [4.78, 5) is 22.6. The van der Waals surface area contributed by atoms with E-state index in [0.29, 0.717) is 19.4 Å². The highest BCUT2D eigenvalue weighted by Gasteiger charge is 2.28. The van der Waals surface area contributed by atoms with Gasteiger partial charge in [0, 0.05) is 18.5 Å². The summed E-state index contributed by atoms with van der Waals surface area (Å²) in [6.45, 7) is 4.48. The van der Waals surface area contributed by atoms with Crippen LogP contribution >= 0.6 is 12.4 Å². The molecule has 0 aromatic heterocycles. The lowest BCUT2D eigenvalue weighted by Gasteiger charge is -2.27. The molecule has 0 aliphatic carbocycles. The van der Waals surface area contributed by atoms with Crippen LogP contribution in [0.5, 0.6) is 0 Å². The lowest BCUT2D eigenvalue weighted by molar-refractivity contribution is -0.125. The summed E-state index contributed by atoms with van der Waals surface area (Å²) >= 11 is 0. The van der Waals surface area contributed by atoms with Gasteiger partial charge in [0.1, 0.15) is 6.04 Å². The molecular formula is C11H22ClN3O2. The molecule has 1 aliphatic heterocycles. The van der Waals surface area contributed by atoms with Gasteiger partial charge < -0.3 is 16.4 Å². The van der Waals surface area contributed by atoms with Crippen LogP contribution in [0.3, 0.4) is 0 Å². The van der Waals surface area contributed by atoms with Crippen LogP contribution in [0, 0.1) is 0 Å². The Balaban J connectivity index is 0.00000256. The normalized spacial score (nSPS) is 19.5. The maximum Gasteiger partial charge on any atom is 0.242 e. The van der Waals surface area contributed by atoms with Gasteiger partial charge in [0.05, 0.1) is 0 Å². The van der Waals surface area contributed by atoms with Gasteiger partial charge in [0.15, 0.2) is 0 Å². The van der Waals surface area contributed by atoms with Gasteiger partial charge in [0.2, 0.25) is 11.8 Å². The van der Waals surface area contributed by atoms with Crippen molar-refractivity contribution >= 4 is 24.2 Å². The van der Waals surface area contributed by atoms with Crippen molar-refractivity contribution < 1.29 is 9.59 Å². The van der Waals surface area contributed by atoms with Crippen molar-refractivity contribution in [3.63, 3.8) is 0 Å². The Morgan fingerprint density at radius 3 is 2.53 bits per heavy atom. The fraction of sp³-hybridized carbons (Fsp3) is 0.818. The summed E-state index contributed by atoms with van der Waals surface area (Å²) in [5.41, 5.74) is 5.73. The maximum atomic E-state index is 11.7. The molecule has 0 unspecified atom stereocenters. The summed E-state index contributed by atoms with van der Waals surface area (Å²) in [6.07, 6.45) is 2.66. The Hall–Kier alpha value is -0.810. The molecule has 1 rings (SSSR count). The molecule has 0 aromatic carbocycles. The molecule has 1 fully saturated rings. The van der Waals surface area contributed by atoms with Gasteiger partial charge >= 0.3 is 0 Å². The molecule has 100 valence electrons. The highest BCUT2D eigenvalue weighted by Crippen LogP contribution is 2.10. The minimum atomic E-state index is -0.370. The van der Waals surface area contributed by atoms with Gasteiger partial charge in [-0.05, 0) is 19.3 Å². The van der Waals surface area contributed by atoms with E-state index in [1.165, 1.54) is 0 Å². The molecular weight excluding hydrogens is 242 g/mol. The number of amides is 2. The average Bonchev–Trinajstić information content (AvgIpc) is 2.72. The SMILES string of the molecule is CCC(N)(CC)CNC(=O)[C@H]1CCC(=O)N1.Cl. The second-order valence-electron chi connectivity index (χ2n) is 4.45. The van der Waals surface area contributed by atoms with Crippen LogP contribution in [0.25, 0.3) is 0 Å². The van der Waals surface area contributed by atoms with Crippen LogP contribution in [0.4, 0.5) is 0 Å². The lowest BCUT2D eigenvalue weighted by atomic mass is 9.94. The Labute approximate surface area is 108 Å². The van der Waals surface area contributed by atoms with Gasteiger partial charge in [-0.1, -0.05) is 13.8 Å². The number of rotatable bonds is 5. The number of carbonyl (C=O) groups excluding carboxylic acids is 2. The van der Waals surface area contributed by atoms with E-state index in [2.05, 4.69) is 10.6 Å². The molecule has 6 heteroatoms. The summed E-state index contributed by atoms with van der Waals surface area (Å²) in [6, 6.07) is -0.370. The largest absolute Gasteiger partial charge is 0.352 e. The van der Waals surface area contributed by atoms with Gasteiger partial charge in [-0.15, -0.1) is 12.4 Å². The van der Waals surface area contributed by atoms with Crippen molar-refractivity contribution in [1.29, 1.82) is 0 Å². The third-order valence-electron chi connectivity index (χ3n) is 3.33. The van der Waals surface area contributed by atoms with Crippen LogP contribution < -0.4 is 16.4 Å². The second kappa shape index (κ2) is 6.81. The van der Waals surface area contributed by atoms with E-state index in [-0.39, 0.29) is 35.8 Å². The quantitative estimate of drug-likeness (QED) is 0.668. The number of hydrogen-bond acceptors (Lipinski definition) is 3. The number of nitrogens with one attached hydrogen (secondary N) is 2. The van der Waals surface area contributed by atoms with E-state index in [1.54, 1.807) is 0 Å². The zero-order valence-electron chi connectivity index (χ0n) is 10.4. The smallest absolute Gasteiger partial charge is 0.242 e. The molecule has 17 heavy (non-hydrogen) atoms.